The maximum absolute atomic E-state index is 12.6. The first kappa shape index (κ1) is 23.8. The fourth-order valence-electron chi connectivity index (χ4n) is 4.47. The number of carbonyl (C=O) groups is 1. The van der Waals surface area contributed by atoms with E-state index in [9.17, 15) is 4.79 Å². The maximum Gasteiger partial charge on any atom is 0.230 e. The average molecular weight is 480 g/mol. The van der Waals surface area contributed by atoms with Crippen molar-refractivity contribution in [1.82, 2.24) is 10.3 Å². The van der Waals surface area contributed by atoms with Crippen molar-refractivity contribution in [1.29, 1.82) is 0 Å². The molecule has 1 amide bonds. The summed E-state index contributed by atoms with van der Waals surface area (Å²) in [6.07, 6.45) is 1.68. The van der Waals surface area contributed by atoms with E-state index in [1.165, 1.54) is 0 Å². The predicted octanol–water partition coefficient (Wildman–Crippen LogP) is 5.54. The van der Waals surface area contributed by atoms with Gasteiger partial charge in [0.1, 0.15) is 11.5 Å². The molecule has 0 aliphatic heterocycles. The number of anilines is 1. The third-order valence-corrected chi connectivity index (χ3v) is 7.27. The number of hydrogen-bond donors (Lipinski definition) is 2. The summed E-state index contributed by atoms with van der Waals surface area (Å²) >= 11 is 5.34. The minimum atomic E-state index is -0.0655. The van der Waals surface area contributed by atoms with Gasteiger partial charge in [-0.05, 0) is 59.4 Å². The van der Waals surface area contributed by atoms with Crippen molar-refractivity contribution in [2.75, 3.05) is 19.5 Å². The molecule has 1 aliphatic rings. The Hall–Kier alpha value is -3.39. The SMILES string of the molecule is COc1cc2nccc(Oc3ccc(NC(=S)NC(=O)C4C(C)(C)C4(C)C)cc3)c2cc1OC. The van der Waals surface area contributed by atoms with Crippen molar-refractivity contribution < 1.29 is 19.0 Å². The number of amides is 1. The van der Waals surface area contributed by atoms with Gasteiger partial charge in [0.05, 0.1) is 19.7 Å². The van der Waals surface area contributed by atoms with Crippen LogP contribution in [0.15, 0.2) is 48.7 Å². The highest BCUT2D eigenvalue weighted by molar-refractivity contribution is 7.80. The lowest BCUT2D eigenvalue weighted by atomic mass is 10.0. The molecular formula is C26H29N3O4S. The van der Waals surface area contributed by atoms with Gasteiger partial charge in [0, 0.05) is 29.3 Å². The van der Waals surface area contributed by atoms with Crippen LogP contribution in [-0.2, 0) is 4.79 Å². The quantitative estimate of drug-likeness (QED) is 0.449. The first-order valence-corrected chi connectivity index (χ1v) is 11.4. The Morgan fingerprint density at radius 1 is 0.941 bits per heavy atom. The number of nitrogens with one attached hydrogen (secondary N) is 2. The first-order valence-electron chi connectivity index (χ1n) is 11.0. The van der Waals surface area contributed by atoms with Gasteiger partial charge in [0.15, 0.2) is 16.6 Å². The van der Waals surface area contributed by atoms with Crippen LogP contribution >= 0.6 is 12.2 Å². The minimum absolute atomic E-state index is 0.0437. The Bertz CT molecular complexity index is 1240. The highest BCUT2D eigenvalue weighted by atomic mass is 32.1. The summed E-state index contributed by atoms with van der Waals surface area (Å²) in [6, 6.07) is 12.8. The summed E-state index contributed by atoms with van der Waals surface area (Å²) in [5, 5.41) is 6.96. The molecule has 2 aromatic carbocycles. The monoisotopic (exact) mass is 479 g/mol. The minimum Gasteiger partial charge on any atom is -0.493 e. The molecule has 1 fully saturated rings. The number of rotatable bonds is 6. The van der Waals surface area contributed by atoms with Crippen molar-refractivity contribution in [2.24, 2.45) is 16.7 Å². The molecule has 0 atom stereocenters. The molecule has 178 valence electrons. The van der Waals surface area contributed by atoms with Crippen LogP contribution in [0.25, 0.3) is 10.9 Å². The lowest BCUT2D eigenvalue weighted by Crippen LogP contribution is -2.36. The Labute approximate surface area is 204 Å². The molecule has 0 spiro atoms. The maximum atomic E-state index is 12.6. The summed E-state index contributed by atoms with van der Waals surface area (Å²) < 4.78 is 16.9. The average Bonchev–Trinajstić information content (AvgIpc) is 3.22. The topological polar surface area (TPSA) is 81.7 Å². The van der Waals surface area contributed by atoms with Crippen LogP contribution in [-0.4, -0.2) is 30.2 Å². The Morgan fingerprint density at radius 2 is 1.56 bits per heavy atom. The van der Waals surface area contributed by atoms with Gasteiger partial charge in [-0.1, -0.05) is 27.7 Å². The number of benzene rings is 2. The molecule has 1 aromatic heterocycles. The number of nitrogens with zero attached hydrogens (tertiary/aromatic N) is 1. The normalized spacial score (nSPS) is 15.9. The second-order valence-electron chi connectivity index (χ2n) is 9.48. The Kier molecular flexibility index (Phi) is 6.12. The van der Waals surface area contributed by atoms with Gasteiger partial charge in [0.25, 0.3) is 0 Å². The summed E-state index contributed by atoms with van der Waals surface area (Å²) in [7, 11) is 3.18. The van der Waals surface area contributed by atoms with E-state index in [4.69, 9.17) is 26.4 Å². The Morgan fingerprint density at radius 3 is 2.15 bits per heavy atom. The summed E-state index contributed by atoms with van der Waals surface area (Å²) in [5.74, 6) is 2.37. The second-order valence-corrected chi connectivity index (χ2v) is 9.89. The van der Waals surface area contributed by atoms with Crippen molar-refractivity contribution in [3.05, 3.63) is 48.7 Å². The molecule has 4 rings (SSSR count). The molecule has 34 heavy (non-hydrogen) atoms. The number of aromatic nitrogens is 1. The van der Waals surface area contributed by atoms with Crippen LogP contribution in [0.4, 0.5) is 5.69 Å². The lowest BCUT2D eigenvalue weighted by molar-refractivity contribution is -0.122. The van der Waals surface area contributed by atoms with Gasteiger partial charge < -0.3 is 24.8 Å². The molecule has 0 unspecified atom stereocenters. The van der Waals surface area contributed by atoms with Gasteiger partial charge in [-0.2, -0.15) is 0 Å². The molecule has 1 saturated carbocycles. The third kappa shape index (κ3) is 4.25. The molecule has 0 radical (unpaired) electrons. The highest BCUT2D eigenvalue weighted by Gasteiger charge is 2.68. The largest absolute Gasteiger partial charge is 0.493 e. The number of ether oxygens (including phenoxy) is 3. The number of thiocarbonyl (C=S) groups is 1. The molecule has 8 heteroatoms. The van der Waals surface area contributed by atoms with Crippen molar-refractivity contribution >= 4 is 39.8 Å². The number of methoxy groups -OCH3 is 2. The van der Waals surface area contributed by atoms with Gasteiger partial charge in [-0.15, -0.1) is 0 Å². The van der Waals surface area contributed by atoms with Crippen molar-refractivity contribution in [3.8, 4) is 23.0 Å². The van der Waals surface area contributed by atoms with E-state index in [0.717, 1.165) is 16.6 Å². The van der Waals surface area contributed by atoms with E-state index >= 15 is 0 Å². The van der Waals surface area contributed by atoms with Crippen LogP contribution in [0.2, 0.25) is 0 Å². The van der Waals surface area contributed by atoms with Crippen LogP contribution in [0.5, 0.6) is 23.0 Å². The van der Waals surface area contributed by atoms with Gasteiger partial charge >= 0.3 is 0 Å². The highest BCUT2D eigenvalue weighted by Crippen LogP contribution is 2.68. The van der Waals surface area contributed by atoms with E-state index in [0.29, 0.717) is 23.0 Å². The molecule has 1 aliphatic carbocycles. The fourth-order valence-corrected chi connectivity index (χ4v) is 4.69. The number of fused-ring (bicyclic) bond motifs is 1. The van der Waals surface area contributed by atoms with E-state index in [-0.39, 0.29) is 27.8 Å². The molecule has 1 heterocycles. The third-order valence-electron chi connectivity index (χ3n) is 7.07. The number of carbonyl (C=O) groups excluding carboxylic acids is 1. The summed E-state index contributed by atoms with van der Waals surface area (Å²) in [4.78, 5) is 17.0. The zero-order valence-electron chi connectivity index (χ0n) is 20.2. The van der Waals surface area contributed by atoms with E-state index < -0.39 is 0 Å². The lowest BCUT2D eigenvalue weighted by Gasteiger charge is -2.13. The molecule has 0 bridgehead atoms. The molecule has 7 nitrogen and oxygen atoms in total. The standard InChI is InChI=1S/C26H29N3O4S/c1-25(2)22(26(25,3)4)23(30)29-24(34)28-15-7-9-16(10-8-15)33-19-11-12-27-18-14-21(32-6)20(31-5)13-17(18)19/h7-14,22H,1-6H3,(H2,28,29,30,34). The molecule has 3 aromatic rings. The van der Waals surface area contributed by atoms with Crippen LogP contribution in [0.1, 0.15) is 27.7 Å². The zero-order valence-corrected chi connectivity index (χ0v) is 21.0. The fraction of sp³-hybridized carbons (Fsp3) is 0.346. The van der Waals surface area contributed by atoms with E-state index in [1.54, 1.807) is 26.5 Å². The second kappa shape index (κ2) is 8.76. The molecule has 0 saturated heterocycles. The van der Waals surface area contributed by atoms with Crippen LogP contribution < -0.4 is 24.8 Å². The van der Waals surface area contributed by atoms with E-state index in [1.807, 2.05) is 36.4 Å². The van der Waals surface area contributed by atoms with Gasteiger partial charge in [0.2, 0.25) is 5.91 Å². The van der Waals surface area contributed by atoms with Gasteiger partial charge in [-0.3, -0.25) is 9.78 Å². The summed E-state index contributed by atoms with van der Waals surface area (Å²) in [6.45, 7) is 8.41. The predicted molar refractivity (Wildman–Crippen MR) is 137 cm³/mol. The molecule has 2 N–H and O–H groups in total. The smallest absolute Gasteiger partial charge is 0.230 e. The first-order chi connectivity index (χ1) is 16.1. The number of hydrogen-bond acceptors (Lipinski definition) is 6. The molecular weight excluding hydrogens is 450 g/mol. The van der Waals surface area contributed by atoms with Gasteiger partial charge in [-0.25, -0.2) is 0 Å². The summed E-state index contributed by atoms with van der Waals surface area (Å²) in [5.41, 5.74) is 1.39. The van der Waals surface area contributed by atoms with Crippen molar-refractivity contribution in [2.45, 2.75) is 27.7 Å². The van der Waals surface area contributed by atoms with Crippen LogP contribution in [0, 0.1) is 16.7 Å². The Balaban J connectivity index is 1.43. The van der Waals surface area contributed by atoms with E-state index in [2.05, 4.69) is 43.3 Å². The van der Waals surface area contributed by atoms with Crippen molar-refractivity contribution in [3.63, 3.8) is 0 Å². The zero-order chi connectivity index (χ0) is 24.7. The van der Waals surface area contributed by atoms with Crippen LogP contribution in [0.3, 0.4) is 0 Å². The number of pyridine rings is 1.